The molecule has 27 heavy (non-hydrogen) atoms. The highest BCUT2D eigenvalue weighted by Crippen LogP contribution is 2.22. The summed E-state index contributed by atoms with van der Waals surface area (Å²) in [5, 5.41) is 0.818. The summed E-state index contributed by atoms with van der Waals surface area (Å²) in [6, 6.07) is 9.00. The fraction of sp³-hybridized carbons (Fsp3) is 0.125. The summed E-state index contributed by atoms with van der Waals surface area (Å²) in [5.41, 5.74) is 1.27. The fourth-order valence-electron chi connectivity index (χ4n) is 2.29. The van der Waals surface area contributed by atoms with Crippen molar-refractivity contribution in [1.29, 1.82) is 0 Å². The van der Waals surface area contributed by atoms with Crippen LogP contribution in [0.2, 0.25) is 10.0 Å². The monoisotopic (exact) mass is 420 g/mol. The molecule has 2 heterocycles. The molecule has 0 radical (unpaired) electrons. The van der Waals surface area contributed by atoms with Gasteiger partial charge < -0.3 is 8.83 Å². The topological polar surface area (TPSA) is 81.1 Å². The van der Waals surface area contributed by atoms with Gasteiger partial charge >= 0.3 is 17.7 Å². The molecular weight excluding hydrogens is 412 g/mol. The zero-order valence-electron chi connectivity index (χ0n) is 13.1. The Labute approximate surface area is 157 Å². The average Bonchev–Trinajstić information content (AvgIpc) is 3.06. The first kappa shape index (κ1) is 19.1. The lowest BCUT2D eigenvalue weighted by Crippen LogP contribution is -2.24. The van der Waals surface area contributed by atoms with Crippen LogP contribution in [0.15, 0.2) is 54.8 Å². The van der Waals surface area contributed by atoms with Crippen LogP contribution in [0, 0.1) is 0 Å². The molecule has 0 amide bonds. The Hall–Kier alpha value is -2.65. The number of alkyl halides is 3. The van der Waals surface area contributed by atoms with Crippen molar-refractivity contribution in [3.05, 3.63) is 67.5 Å². The van der Waals surface area contributed by atoms with Crippen LogP contribution in [-0.2, 0) is 6.54 Å². The van der Waals surface area contributed by atoms with Crippen molar-refractivity contribution in [2.45, 2.75) is 12.7 Å². The van der Waals surface area contributed by atoms with E-state index in [1.165, 1.54) is 18.2 Å². The van der Waals surface area contributed by atoms with Gasteiger partial charge in [-0.05, 0) is 36.4 Å². The second-order valence-electron chi connectivity index (χ2n) is 5.34. The summed E-state index contributed by atoms with van der Waals surface area (Å²) in [4.78, 5) is 24.3. The SMILES string of the molecule is O=c1[nH]c2cc(Cl)ccc2o1.O=c1oc2ccc(Cl)cc2n1CC(F)(F)F. The van der Waals surface area contributed by atoms with E-state index in [0.29, 0.717) is 20.7 Å². The van der Waals surface area contributed by atoms with Crippen LogP contribution < -0.4 is 11.5 Å². The second-order valence-corrected chi connectivity index (χ2v) is 6.21. The molecule has 0 fully saturated rings. The number of rotatable bonds is 1. The van der Waals surface area contributed by atoms with Gasteiger partial charge in [-0.3, -0.25) is 9.55 Å². The van der Waals surface area contributed by atoms with Gasteiger partial charge in [0.15, 0.2) is 11.2 Å². The molecule has 1 N–H and O–H groups in total. The van der Waals surface area contributed by atoms with Crippen molar-refractivity contribution in [3.63, 3.8) is 0 Å². The Bertz CT molecular complexity index is 1220. The summed E-state index contributed by atoms with van der Waals surface area (Å²) >= 11 is 11.3. The number of fused-ring (bicyclic) bond motifs is 2. The highest BCUT2D eigenvalue weighted by molar-refractivity contribution is 6.31. The first-order valence-corrected chi connectivity index (χ1v) is 8.02. The Morgan fingerprint density at radius 3 is 2.26 bits per heavy atom. The second kappa shape index (κ2) is 7.16. The van der Waals surface area contributed by atoms with E-state index in [-0.39, 0.29) is 16.1 Å². The molecule has 0 spiro atoms. The zero-order valence-corrected chi connectivity index (χ0v) is 14.7. The van der Waals surface area contributed by atoms with Crippen LogP contribution in [0.4, 0.5) is 13.2 Å². The number of aromatic nitrogens is 2. The Morgan fingerprint density at radius 2 is 1.59 bits per heavy atom. The standard InChI is InChI=1S/C9H5ClF3NO2.C7H4ClNO2/c10-5-1-2-7-6(3-5)14(8(15)16-7)4-9(11,12)13;8-4-1-2-6-5(3-4)9-7(10)11-6/h1-3H,4H2;1-3H,(H,9,10). The molecule has 0 aliphatic rings. The molecular formula is C16H9Cl2F3N2O4. The smallest absolute Gasteiger partial charge is 0.408 e. The minimum Gasteiger partial charge on any atom is -0.408 e. The molecule has 0 aliphatic carbocycles. The summed E-state index contributed by atoms with van der Waals surface area (Å²) in [6.45, 7) is -1.39. The third-order valence-corrected chi connectivity index (χ3v) is 3.82. The minimum absolute atomic E-state index is 0.0369. The van der Waals surface area contributed by atoms with E-state index in [0.717, 1.165) is 0 Å². The van der Waals surface area contributed by atoms with E-state index in [1.54, 1.807) is 18.2 Å². The largest absolute Gasteiger partial charge is 0.420 e. The van der Waals surface area contributed by atoms with E-state index < -0.39 is 24.2 Å². The van der Waals surface area contributed by atoms with Gasteiger partial charge in [-0.25, -0.2) is 9.59 Å². The highest BCUT2D eigenvalue weighted by atomic mass is 35.5. The fourth-order valence-corrected chi connectivity index (χ4v) is 2.63. The molecule has 0 saturated carbocycles. The third kappa shape index (κ3) is 4.55. The van der Waals surface area contributed by atoms with Gasteiger partial charge in [-0.15, -0.1) is 0 Å². The van der Waals surface area contributed by atoms with E-state index in [2.05, 4.69) is 9.40 Å². The van der Waals surface area contributed by atoms with Gasteiger partial charge in [0.2, 0.25) is 0 Å². The normalized spacial score (nSPS) is 11.6. The molecule has 0 saturated heterocycles. The number of H-pyrrole nitrogens is 1. The molecule has 2 aromatic carbocycles. The van der Waals surface area contributed by atoms with Gasteiger partial charge in [0.05, 0.1) is 11.0 Å². The van der Waals surface area contributed by atoms with Crippen LogP contribution in [0.25, 0.3) is 22.2 Å². The molecule has 11 heteroatoms. The van der Waals surface area contributed by atoms with Crippen molar-refractivity contribution >= 4 is 45.4 Å². The van der Waals surface area contributed by atoms with E-state index in [9.17, 15) is 22.8 Å². The molecule has 4 aromatic rings. The average molecular weight is 421 g/mol. The number of hydrogen-bond donors (Lipinski definition) is 1. The van der Waals surface area contributed by atoms with Gasteiger partial charge in [0, 0.05) is 10.0 Å². The molecule has 142 valence electrons. The van der Waals surface area contributed by atoms with Gasteiger partial charge in [-0.2, -0.15) is 13.2 Å². The molecule has 2 aromatic heterocycles. The maximum Gasteiger partial charge on any atom is 0.420 e. The van der Waals surface area contributed by atoms with E-state index in [4.69, 9.17) is 27.6 Å². The van der Waals surface area contributed by atoms with Gasteiger partial charge in [-0.1, -0.05) is 23.2 Å². The van der Waals surface area contributed by atoms with Gasteiger partial charge in [0.1, 0.15) is 6.54 Å². The van der Waals surface area contributed by atoms with Crippen molar-refractivity contribution < 1.29 is 22.0 Å². The molecule has 0 bridgehead atoms. The predicted molar refractivity (Wildman–Crippen MR) is 93.4 cm³/mol. The summed E-state index contributed by atoms with van der Waals surface area (Å²) in [6.07, 6.45) is -4.48. The van der Waals surface area contributed by atoms with E-state index >= 15 is 0 Å². The van der Waals surface area contributed by atoms with Crippen molar-refractivity contribution in [1.82, 2.24) is 9.55 Å². The predicted octanol–water partition coefficient (Wildman–Crippen LogP) is 4.58. The first-order chi connectivity index (χ1) is 12.6. The van der Waals surface area contributed by atoms with Crippen LogP contribution in [-0.4, -0.2) is 15.7 Å². The van der Waals surface area contributed by atoms with Crippen molar-refractivity contribution in [3.8, 4) is 0 Å². The molecule has 0 unspecified atom stereocenters. The minimum atomic E-state index is -4.48. The lowest BCUT2D eigenvalue weighted by Gasteiger charge is -2.06. The molecule has 0 aliphatic heterocycles. The van der Waals surface area contributed by atoms with Crippen LogP contribution >= 0.6 is 23.2 Å². The Kier molecular flexibility index (Phi) is 5.07. The summed E-state index contributed by atoms with van der Waals surface area (Å²) in [5.74, 6) is -1.50. The number of halogens is 5. The summed E-state index contributed by atoms with van der Waals surface area (Å²) in [7, 11) is 0. The quantitative estimate of drug-likeness (QED) is 0.488. The van der Waals surface area contributed by atoms with Crippen LogP contribution in [0.1, 0.15) is 0 Å². The lowest BCUT2D eigenvalue weighted by atomic mass is 10.3. The van der Waals surface area contributed by atoms with Crippen LogP contribution in [0.3, 0.4) is 0 Å². The number of nitrogens with zero attached hydrogens (tertiary/aromatic N) is 1. The summed E-state index contributed by atoms with van der Waals surface area (Å²) < 4.78 is 46.5. The molecule has 6 nitrogen and oxygen atoms in total. The molecule has 4 rings (SSSR count). The zero-order chi connectivity index (χ0) is 19.8. The number of aromatic amines is 1. The first-order valence-electron chi connectivity index (χ1n) is 7.26. The van der Waals surface area contributed by atoms with Crippen molar-refractivity contribution in [2.75, 3.05) is 0 Å². The maximum atomic E-state index is 12.2. The number of hydrogen-bond acceptors (Lipinski definition) is 4. The highest BCUT2D eigenvalue weighted by Gasteiger charge is 2.30. The number of oxazole rings is 2. The maximum absolute atomic E-state index is 12.2. The Morgan fingerprint density at radius 1 is 0.963 bits per heavy atom. The third-order valence-electron chi connectivity index (χ3n) is 3.35. The lowest BCUT2D eigenvalue weighted by molar-refractivity contribution is -0.140. The number of benzene rings is 2. The molecule has 0 atom stereocenters. The Balaban J connectivity index is 0.000000166. The van der Waals surface area contributed by atoms with Crippen molar-refractivity contribution in [2.24, 2.45) is 0 Å². The number of nitrogens with one attached hydrogen (secondary N) is 1. The van der Waals surface area contributed by atoms with Crippen LogP contribution in [0.5, 0.6) is 0 Å². The van der Waals surface area contributed by atoms with E-state index in [1.807, 2.05) is 0 Å². The van der Waals surface area contributed by atoms with Gasteiger partial charge in [0.25, 0.3) is 0 Å².